The Labute approximate surface area is 179 Å². The number of rotatable bonds is 2. The highest BCUT2D eigenvalue weighted by Crippen LogP contribution is 2.26. The number of pyridine rings is 2. The Bertz CT molecular complexity index is 754. The van der Waals surface area contributed by atoms with Gasteiger partial charge in [0.2, 0.25) is 0 Å². The maximum absolute atomic E-state index is 13.7. The molecule has 7 nitrogen and oxygen atoms in total. The number of hydrogen-bond acceptors (Lipinski definition) is 5. The summed E-state index contributed by atoms with van der Waals surface area (Å²) in [5.41, 5.74) is 0. The first kappa shape index (κ1) is 20.4. The average Bonchev–Trinajstić information content (AvgIpc) is 2.74. The van der Waals surface area contributed by atoms with Crippen molar-refractivity contribution in [2.45, 2.75) is 51.9 Å². The highest BCUT2D eigenvalue weighted by Gasteiger charge is 2.40. The number of anilines is 2. The van der Waals surface area contributed by atoms with Crippen molar-refractivity contribution in [1.82, 2.24) is 19.8 Å². The van der Waals surface area contributed by atoms with E-state index in [0.717, 1.165) is 37.8 Å². The fraction of sp³-hybridized carbons (Fsp3) is 0.522. The molecular weight excluding hydrogens is 376 g/mol. The predicted molar refractivity (Wildman–Crippen MR) is 120 cm³/mol. The number of carbonyl (C=O) groups is 1. The van der Waals surface area contributed by atoms with E-state index < -0.39 is 0 Å². The molecule has 0 bridgehead atoms. The van der Waals surface area contributed by atoms with Crippen LogP contribution in [-0.2, 0) is 0 Å². The van der Waals surface area contributed by atoms with Gasteiger partial charge in [-0.3, -0.25) is 0 Å². The van der Waals surface area contributed by atoms with Crippen molar-refractivity contribution in [2.24, 2.45) is 0 Å². The van der Waals surface area contributed by atoms with Gasteiger partial charge < -0.3 is 19.6 Å². The molecule has 4 unspecified atom stereocenters. The van der Waals surface area contributed by atoms with E-state index in [0.29, 0.717) is 0 Å². The van der Waals surface area contributed by atoms with Gasteiger partial charge in [-0.15, -0.1) is 0 Å². The van der Waals surface area contributed by atoms with E-state index in [9.17, 15) is 4.79 Å². The molecule has 2 aromatic rings. The molecule has 4 atom stereocenters. The average molecular weight is 409 g/mol. The maximum atomic E-state index is 13.7. The van der Waals surface area contributed by atoms with Crippen molar-refractivity contribution in [3.63, 3.8) is 0 Å². The number of hydrogen-bond donors (Lipinski definition) is 0. The normalized spacial score (nSPS) is 27.3. The van der Waals surface area contributed by atoms with E-state index in [1.165, 1.54) is 0 Å². The van der Waals surface area contributed by atoms with Gasteiger partial charge in [-0.05, 0) is 52.0 Å². The monoisotopic (exact) mass is 408 g/mol. The van der Waals surface area contributed by atoms with Crippen molar-refractivity contribution in [3.05, 3.63) is 48.8 Å². The maximum Gasteiger partial charge on any atom is 0.321 e. The lowest BCUT2D eigenvalue weighted by Crippen LogP contribution is -2.67. The minimum Gasteiger partial charge on any atom is -0.353 e. The van der Waals surface area contributed by atoms with Gasteiger partial charge in [-0.2, -0.15) is 0 Å². The van der Waals surface area contributed by atoms with Crippen LogP contribution in [0.2, 0.25) is 0 Å². The molecule has 0 aliphatic carbocycles. The van der Waals surface area contributed by atoms with Gasteiger partial charge in [-0.1, -0.05) is 12.1 Å². The fourth-order valence-corrected chi connectivity index (χ4v) is 4.99. The van der Waals surface area contributed by atoms with E-state index in [1.54, 1.807) is 0 Å². The minimum atomic E-state index is 0.122. The summed E-state index contributed by atoms with van der Waals surface area (Å²) in [6, 6.07) is 12.6. The van der Waals surface area contributed by atoms with Crippen molar-refractivity contribution in [3.8, 4) is 0 Å². The van der Waals surface area contributed by atoms with Crippen LogP contribution in [0.15, 0.2) is 48.8 Å². The topological polar surface area (TPSA) is 55.8 Å². The lowest BCUT2D eigenvalue weighted by molar-refractivity contribution is 0.0746. The Morgan fingerprint density at radius 2 is 1.07 bits per heavy atom. The summed E-state index contributed by atoms with van der Waals surface area (Å²) >= 11 is 0. The molecule has 0 spiro atoms. The zero-order valence-corrected chi connectivity index (χ0v) is 18.3. The second-order valence-corrected chi connectivity index (χ2v) is 8.68. The Kier molecular flexibility index (Phi) is 5.79. The molecule has 30 heavy (non-hydrogen) atoms. The van der Waals surface area contributed by atoms with Gasteiger partial charge >= 0.3 is 6.03 Å². The van der Waals surface area contributed by atoms with Crippen molar-refractivity contribution < 1.29 is 4.79 Å². The fourth-order valence-electron chi connectivity index (χ4n) is 4.99. The van der Waals surface area contributed by atoms with Crippen LogP contribution in [0.3, 0.4) is 0 Å². The van der Waals surface area contributed by atoms with Crippen LogP contribution in [0.5, 0.6) is 0 Å². The first-order valence-corrected chi connectivity index (χ1v) is 10.9. The number of aromatic nitrogens is 2. The van der Waals surface area contributed by atoms with E-state index in [4.69, 9.17) is 0 Å². The van der Waals surface area contributed by atoms with Gasteiger partial charge in [0.1, 0.15) is 11.6 Å². The standard InChI is InChI=1S/C23H32N6O/c1-17-13-26(21-9-5-7-11-24-21)14-18(2)28(17)23(30)29-19(3)15-27(16-20(29)4)22-10-6-8-12-25-22/h5-12,17-20H,13-16H2,1-4H3. The molecule has 4 heterocycles. The summed E-state index contributed by atoms with van der Waals surface area (Å²) in [5, 5.41) is 0. The zero-order chi connectivity index (χ0) is 21.3. The van der Waals surface area contributed by atoms with Crippen LogP contribution in [0.25, 0.3) is 0 Å². The second kappa shape index (κ2) is 8.50. The molecule has 2 saturated heterocycles. The molecule has 160 valence electrons. The van der Waals surface area contributed by atoms with Gasteiger partial charge in [0.05, 0.1) is 0 Å². The lowest BCUT2D eigenvalue weighted by Gasteiger charge is -2.51. The predicted octanol–water partition coefficient (Wildman–Crippen LogP) is 3.09. The van der Waals surface area contributed by atoms with Crippen molar-refractivity contribution in [1.29, 1.82) is 0 Å². The molecule has 2 aliphatic rings. The number of piperazine rings is 2. The lowest BCUT2D eigenvalue weighted by atomic mass is 10.1. The first-order chi connectivity index (χ1) is 14.5. The first-order valence-electron chi connectivity index (χ1n) is 10.9. The summed E-state index contributed by atoms with van der Waals surface area (Å²) in [5.74, 6) is 1.96. The molecule has 2 amide bonds. The van der Waals surface area contributed by atoms with Crippen LogP contribution >= 0.6 is 0 Å². The third-order valence-corrected chi connectivity index (χ3v) is 6.23. The number of amides is 2. The van der Waals surface area contributed by atoms with Crippen LogP contribution in [0, 0.1) is 0 Å². The molecule has 2 fully saturated rings. The number of carbonyl (C=O) groups excluding carboxylic acids is 1. The molecule has 0 N–H and O–H groups in total. The van der Waals surface area contributed by atoms with Crippen molar-refractivity contribution >= 4 is 17.7 Å². The van der Waals surface area contributed by atoms with Gasteiger partial charge in [0, 0.05) is 62.7 Å². The van der Waals surface area contributed by atoms with E-state index in [2.05, 4.69) is 57.3 Å². The third-order valence-electron chi connectivity index (χ3n) is 6.23. The quantitative estimate of drug-likeness (QED) is 0.764. The second-order valence-electron chi connectivity index (χ2n) is 8.68. The van der Waals surface area contributed by atoms with Gasteiger partial charge in [-0.25, -0.2) is 14.8 Å². The molecule has 0 aromatic carbocycles. The van der Waals surface area contributed by atoms with Crippen LogP contribution in [0.4, 0.5) is 16.4 Å². The van der Waals surface area contributed by atoms with Crippen LogP contribution in [-0.4, -0.2) is 76.1 Å². The Morgan fingerprint density at radius 1 is 0.700 bits per heavy atom. The third kappa shape index (κ3) is 3.93. The summed E-state index contributed by atoms with van der Waals surface area (Å²) in [7, 11) is 0. The molecule has 2 aromatic heterocycles. The minimum absolute atomic E-state index is 0.122. The summed E-state index contributed by atoms with van der Waals surface area (Å²) in [6.07, 6.45) is 3.65. The SMILES string of the molecule is CC1CN(c2ccccn2)CC(C)N1C(=O)N1C(C)CN(c2ccccn2)CC1C. The number of nitrogens with zero attached hydrogens (tertiary/aromatic N) is 6. The zero-order valence-electron chi connectivity index (χ0n) is 18.3. The van der Waals surface area contributed by atoms with E-state index in [-0.39, 0.29) is 30.2 Å². The molecule has 4 rings (SSSR count). The smallest absolute Gasteiger partial charge is 0.321 e. The molecule has 7 heteroatoms. The molecule has 2 aliphatic heterocycles. The van der Waals surface area contributed by atoms with Gasteiger partial charge in [0.25, 0.3) is 0 Å². The summed E-state index contributed by atoms with van der Waals surface area (Å²) in [6.45, 7) is 11.7. The molecule has 0 saturated carbocycles. The molecule has 0 radical (unpaired) electrons. The Hall–Kier alpha value is -2.83. The largest absolute Gasteiger partial charge is 0.353 e. The van der Waals surface area contributed by atoms with Crippen LogP contribution in [0.1, 0.15) is 27.7 Å². The van der Waals surface area contributed by atoms with Crippen LogP contribution < -0.4 is 9.80 Å². The van der Waals surface area contributed by atoms with Gasteiger partial charge in [0.15, 0.2) is 0 Å². The Balaban J connectivity index is 1.46. The number of urea groups is 1. The summed E-state index contributed by atoms with van der Waals surface area (Å²) in [4.78, 5) is 31.4. The molecular formula is C23H32N6O. The Morgan fingerprint density at radius 3 is 1.37 bits per heavy atom. The van der Waals surface area contributed by atoms with E-state index >= 15 is 0 Å². The van der Waals surface area contributed by atoms with E-state index in [1.807, 2.05) is 48.8 Å². The highest BCUT2D eigenvalue weighted by molar-refractivity contribution is 5.77. The summed E-state index contributed by atoms with van der Waals surface area (Å²) < 4.78 is 0. The highest BCUT2D eigenvalue weighted by atomic mass is 16.2. The van der Waals surface area contributed by atoms with Crippen molar-refractivity contribution in [2.75, 3.05) is 36.0 Å².